The molecule has 2 rings (SSSR count). The second-order valence-corrected chi connectivity index (χ2v) is 7.40. The van der Waals surface area contributed by atoms with E-state index in [2.05, 4.69) is 83.0 Å². The summed E-state index contributed by atoms with van der Waals surface area (Å²) in [6, 6.07) is 10.1. The van der Waals surface area contributed by atoms with Gasteiger partial charge in [0.15, 0.2) is 0 Å². The van der Waals surface area contributed by atoms with Crippen molar-refractivity contribution < 1.29 is 0 Å². The largest absolute Gasteiger partial charge is 0.312 e. The van der Waals surface area contributed by atoms with E-state index in [1.165, 1.54) is 28.6 Å². The maximum absolute atomic E-state index is 3.72. The Morgan fingerprint density at radius 2 is 1.95 bits per heavy atom. The molecule has 1 N–H and O–H groups in total. The second-order valence-electron chi connectivity index (χ2n) is 6.16. The van der Waals surface area contributed by atoms with Crippen LogP contribution >= 0.6 is 22.6 Å². The number of likely N-dealkylation sites (N-methyl/N-ethyl adjacent to an activating group) is 3. The molecule has 1 aliphatic rings. The van der Waals surface area contributed by atoms with Crippen LogP contribution in [0.2, 0.25) is 0 Å². The predicted molar refractivity (Wildman–Crippen MR) is 98.9 cm³/mol. The molecule has 0 radical (unpaired) electrons. The van der Waals surface area contributed by atoms with Gasteiger partial charge in [-0.05, 0) is 86.9 Å². The zero-order chi connectivity index (χ0) is 15.2. The average Bonchev–Trinajstić information content (AvgIpc) is 2.62. The van der Waals surface area contributed by atoms with Crippen molar-refractivity contribution in [1.29, 1.82) is 0 Å². The molecule has 1 aromatic carbocycles. The van der Waals surface area contributed by atoms with Crippen LogP contribution in [0.3, 0.4) is 0 Å². The summed E-state index contributed by atoms with van der Waals surface area (Å²) in [6.07, 6.45) is 2.37. The third-order valence-electron chi connectivity index (χ3n) is 4.42. The Balaban J connectivity index is 2.10. The van der Waals surface area contributed by atoms with Gasteiger partial charge in [0.2, 0.25) is 0 Å². The molecule has 3 nitrogen and oxygen atoms in total. The standard InChI is InChI=1S/C17H28IN3/c1-4-19-16(12-14-6-8-15(18)9-7-14)17-13-20(2)10-5-11-21(17)3/h6-9,16-17,19H,4-5,10-13H2,1-3H3. The molecular weight excluding hydrogens is 373 g/mol. The van der Waals surface area contributed by atoms with Crippen LogP contribution in [0.15, 0.2) is 24.3 Å². The summed E-state index contributed by atoms with van der Waals surface area (Å²) in [5.74, 6) is 0. The number of nitrogens with one attached hydrogen (secondary N) is 1. The summed E-state index contributed by atoms with van der Waals surface area (Å²) in [5.41, 5.74) is 1.43. The smallest absolute Gasteiger partial charge is 0.0376 e. The molecule has 0 bridgehead atoms. The molecule has 0 saturated carbocycles. The lowest BCUT2D eigenvalue weighted by Gasteiger charge is -2.35. The second kappa shape index (κ2) is 8.46. The Morgan fingerprint density at radius 1 is 1.24 bits per heavy atom. The predicted octanol–water partition coefficient (Wildman–Crippen LogP) is 2.45. The van der Waals surface area contributed by atoms with Gasteiger partial charge in [0.1, 0.15) is 0 Å². The molecule has 118 valence electrons. The van der Waals surface area contributed by atoms with Crippen LogP contribution in [-0.2, 0) is 6.42 Å². The van der Waals surface area contributed by atoms with Gasteiger partial charge in [-0.1, -0.05) is 19.1 Å². The van der Waals surface area contributed by atoms with Crippen LogP contribution in [0.25, 0.3) is 0 Å². The molecule has 1 aliphatic heterocycles. The summed E-state index contributed by atoms with van der Waals surface area (Å²) in [4.78, 5) is 5.02. The highest BCUT2D eigenvalue weighted by molar-refractivity contribution is 14.1. The quantitative estimate of drug-likeness (QED) is 0.765. The molecule has 2 atom stereocenters. The Hall–Kier alpha value is -0.170. The Bertz CT molecular complexity index is 421. The van der Waals surface area contributed by atoms with Crippen LogP contribution in [0, 0.1) is 3.57 Å². The van der Waals surface area contributed by atoms with Crippen molar-refractivity contribution in [3.63, 3.8) is 0 Å². The van der Waals surface area contributed by atoms with Gasteiger partial charge in [-0.3, -0.25) is 0 Å². The first-order valence-electron chi connectivity index (χ1n) is 7.96. The van der Waals surface area contributed by atoms with Gasteiger partial charge in [-0.15, -0.1) is 0 Å². The van der Waals surface area contributed by atoms with Crippen molar-refractivity contribution in [3.8, 4) is 0 Å². The minimum Gasteiger partial charge on any atom is -0.312 e. The Labute approximate surface area is 143 Å². The van der Waals surface area contributed by atoms with Crippen molar-refractivity contribution in [3.05, 3.63) is 33.4 Å². The molecule has 1 fully saturated rings. The summed E-state index contributed by atoms with van der Waals surface area (Å²) >= 11 is 2.37. The zero-order valence-corrected chi connectivity index (χ0v) is 15.6. The van der Waals surface area contributed by atoms with Crippen LogP contribution in [0.1, 0.15) is 18.9 Å². The van der Waals surface area contributed by atoms with E-state index in [0.29, 0.717) is 12.1 Å². The van der Waals surface area contributed by atoms with Crippen LogP contribution < -0.4 is 5.32 Å². The van der Waals surface area contributed by atoms with Crippen LogP contribution in [-0.4, -0.2) is 62.2 Å². The topological polar surface area (TPSA) is 18.5 Å². The van der Waals surface area contributed by atoms with Crippen molar-refractivity contribution in [2.75, 3.05) is 40.3 Å². The number of halogens is 1. The molecule has 1 heterocycles. The van der Waals surface area contributed by atoms with Crippen LogP contribution in [0.5, 0.6) is 0 Å². The molecule has 1 saturated heterocycles. The van der Waals surface area contributed by atoms with Crippen molar-refractivity contribution in [2.45, 2.75) is 31.8 Å². The molecule has 0 aromatic heterocycles. The molecule has 2 unspecified atom stereocenters. The average molecular weight is 401 g/mol. The molecule has 0 spiro atoms. The fourth-order valence-corrected chi connectivity index (χ4v) is 3.58. The Kier molecular flexibility index (Phi) is 6.92. The van der Waals surface area contributed by atoms with E-state index < -0.39 is 0 Å². The monoisotopic (exact) mass is 401 g/mol. The SMILES string of the molecule is CCNC(Cc1ccc(I)cc1)C1CN(C)CCCN1C. The highest BCUT2D eigenvalue weighted by Crippen LogP contribution is 2.15. The van der Waals surface area contributed by atoms with Gasteiger partial charge in [0, 0.05) is 22.2 Å². The van der Waals surface area contributed by atoms with E-state index in [4.69, 9.17) is 0 Å². The van der Waals surface area contributed by atoms with Gasteiger partial charge in [0.05, 0.1) is 0 Å². The fraction of sp³-hybridized carbons (Fsp3) is 0.647. The van der Waals surface area contributed by atoms with E-state index in [-0.39, 0.29) is 0 Å². The molecule has 0 amide bonds. The lowest BCUT2D eigenvalue weighted by molar-refractivity contribution is 0.178. The van der Waals surface area contributed by atoms with Crippen molar-refractivity contribution in [1.82, 2.24) is 15.1 Å². The van der Waals surface area contributed by atoms with Gasteiger partial charge >= 0.3 is 0 Å². The highest BCUT2D eigenvalue weighted by atomic mass is 127. The Morgan fingerprint density at radius 3 is 2.62 bits per heavy atom. The summed E-state index contributed by atoms with van der Waals surface area (Å²) in [7, 11) is 4.53. The number of rotatable bonds is 5. The first kappa shape index (κ1) is 17.2. The fourth-order valence-electron chi connectivity index (χ4n) is 3.22. The minimum absolute atomic E-state index is 0.514. The molecule has 0 aliphatic carbocycles. The normalized spacial score (nSPS) is 23.0. The van der Waals surface area contributed by atoms with Gasteiger partial charge in [0.25, 0.3) is 0 Å². The minimum atomic E-state index is 0.514. The van der Waals surface area contributed by atoms with Crippen molar-refractivity contribution in [2.24, 2.45) is 0 Å². The third kappa shape index (κ3) is 5.20. The molecule has 4 heteroatoms. The van der Waals surface area contributed by atoms with E-state index >= 15 is 0 Å². The lowest BCUT2D eigenvalue weighted by Crippen LogP contribution is -2.53. The van der Waals surface area contributed by atoms with Crippen LogP contribution in [0.4, 0.5) is 0 Å². The molecule has 1 aromatic rings. The van der Waals surface area contributed by atoms with Gasteiger partial charge in [-0.2, -0.15) is 0 Å². The zero-order valence-electron chi connectivity index (χ0n) is 13.5. The first-order valence-corrected chi connectivity index (χ1v) is 9.04. The molecular formula is C17H28IN3. The maximum Gasteiger partial charge on any atom is 0.0376 e. The van der Waals surface area contributed by atoms with E-state index in [1.54, 1.807) is 0 Å². The van der Waals surface area contributed by atoms with E-state index in [1.807, 2.05) is 0 Å². The molecule has 21 heavy (non-hydrogen) atoms. The maximum atomic E-state index is 3.72. The number of benzene rings is 1. The summed E-state index contributed by atoms with van der Waals surface area (Å²) in [6.45, 7) is 6.80. The number of hydrogen-bond acceptors (Lipinski definition) is 3. The summed E-state index contributed by atoms with van der Waals surface area (Å²) in [5, 5.41) is 3.72. The van der Waals surface area contributed by atoms with E-state index in [0.717, 1.165) is 19.5 Å². The van der Waals surface area contributed by atoms with Crippen molar-refractivity contribution >= 4 is 22.6 Å². The first-order chi connectivity index (χ1) is 10.1. The third-order valence-corrected chi connectivity index (χ3v) is 5.13. The summed E-state index contributed by atoms with van der Waals surface area (Å²) < 4.78 is 1.31. The van der Waals surface area contributed by atoms with E-state index in [9.17, 15) is 0 Å². The lowest BCUT2D eigenvalue weighted by atomic mass is 9.98. The highest BCUT2D eigenvalue weighted by Gasteiger charge is 2.28. The number of hydrogen-bond donors (Lipinski definition) is 1. The van der Waals surface area contributed by atoms with Gasteiger partial charge < -0.3 is 15.1 Å². The van der Waals surface area contributed by atoms with Gasteiger partial charge in [-0.25, -0.2) is 0 Å². The number of nitrogens with zero attached hydrogens (tertiary/aromatic N) is 2.